The van der Waals surface area contributed by atoms with Gasteiger partial charge in [-0.15, -0.1) is 11.8 Å². The van der Waals surface area contributed by atoms with E-state index in [0.717, 1.165) is 37.8 Å². The average Bonchev–Trinajstić information content (AvgIpc) is 2.90. The van der Waals surface area contributed by atoms with Crippen molar-refractivity contribution >= 4 is 35.0 Å². The molecule has 9 heteroatoms. The van der Waals surface area contributed by atoms with E-state index in [9.17, 15) is 23.1 Å². The van der Waals surface area contributed by atoms with Crippen LogP contribution in [-0.2, 0) is 0 Å². The summed E-state index contributed by atoms with van der Waals surface area (Å²) in [6.07, 6.45) is 3.54. The molecule has 4 rings (SSSR count). The number of hydrogen-bond acceptors (Lipinski definition) is 4. The molecule has 2 bridgehead atoms. The first kappa shape index (κ1) is 22.5. The van der Waals surface area contributed by atoms with Crippen LogP contribution in [0.2, 0.25) is 5.02 Å². The Kier molecular flexibility index (Phi) is 6.27. The number of halogens is 4. The Labute approximate surface area is 187 Å². The molecule has 2 aromatic carbocycles. The first-order chi connectivity index (χ1) is 14.7. The molecule has 2 aliphatic carbocycles. The lowest BCUT2D eigenvalue weighted by atomic mass is 9.74. The quantitative estimate of drug-likeness (QED) is 0.539. The first-order valence-electron chi connectivity index (χ1n) is 10.1. The van der Waals surface area contributed by atoms with Crippen molar-refractivity contribution in [2.45, 2.75) is 41.4 Å². The van der Waals surface area contributed by atoms with Crippen LogP contribution in [0.3, 0.4) is 0 Å². The monoisotopic (exact) mass is 470 g/mol. The van der Waals surface area contributed by atoms with Crippen LogP contribution in [0, 0.1) is 29.3 Å². The summed E-state index contributed by atoms with van der Waals surface area (Å²) in [7, 11) is 0. The molecule has 4 N–H and O–H groups in total. The minimum atomic E-state index is -1.59. The van der Waals surface area contributed by atoms with Gasteiger partial charge < -0.3 is 16.2 Å². The van der Waals surface area contributed by atoms with E-state index >= 15 is 0 Å². The van der Waals surface area contributed by atoms with Crippen molar-refractivity contribution in [3.8, 4) is 0 Å². The van der Waals surface area contributed by atoms with Gasteiger partial charge in [-0.05, 0) is 55.7 Å². The van der Waals surface area contributed by atoms with Gasteiger partial charge in [0.1, 0.15) is 0 Å². The number of carbonyl (C=O) groups excluding carboxylic acids is 1. The summed E-state index contributed by atoms with van der Waals surface area (Å²) in [5.41, 5.74) is 5.12. The number of nitrogens with one attached hydrogen (secondary N) is 1. The highest BCUT2D eigenvalue weighted by atomic mass is 35.5. The van der Waals surface area contributed by atoms with Crippen LogP contribution in [-0.4, -0.2) is 28.4 Å². The SMILES string of the molecule is NC[C@@]1(O)C2CC[C@H]1C[C@H](Sc1cc(C(=O)Nc3cc(F)c(F)c(F)c3)ccc1Cl)C2. The molecule has 1 unspecified atom stereocenters. The summed E-state index contributed by atoms with van der Waals surface area (Å²) >= 11 is 7.91. The number of rotatable bonds is 5. The third-order valence-electron chi connectivity index (χ3n) is 6.43. The molecule has 0 spiro atoms. The fourth-order valence-corrected chi connectivity index (χ4v) is 6.43. The van der Waals surface area contributed by atoms with Gasteiger partial charge >= 0.3 is 0 Å². The van der Waals surface area contributed by atoms with Crippen molar-refractivity contribution in [1.82, 2.24) is 0 Å². The Morgan fingerprint density at radius 2 is 1.77 bits per heavy atom. The van der Waals surface area contributed by atoms with Crippen LogP contribution in [0.1, 0.15) is 36.0 Å². The van der Waals surface area contributed by atoms with Gasteiger partial charge in [-0.1, -0.05) is 11.6 Å². The molecule has 2 saturated carbocycles. The van der Waals surface area contributed by atoms with Crippen molar-refractivity contribution in [2.24, 2.45) is 17.6 Å². The molecule has 166 valence electrons. The van der Waals surface area contributed by atoms with E-state index in [1.807, 2.05) is 0 Å². The highest BCUT2D eigenvalue weighted by Crippen LogP contribution is 2.53. The summed E-state index contributed by atoms with van der Waals surface area (Å²) in [6.45, 7) is 0.265. The first-order valence-corrected chi connectivity index (χ1v) is 11.3. The Bertz CT molecular complexity index is 985. The molecule has 0 aliphatic heterocycles. The molecule has 0 aromatic heterocycles. The largest absolute Gasteiger partial charge is 0.388 e. The summed E-state index contributed by atoms with van der Waals surface area (Å²) in [6, 6.07) is 6.18. The maximum atomic E-state index is 13.4. The van der Waals surface area contributed by atoms with Crippen LogP contribution >= 0.6 is 23.4 Å². The van der Waals surface area contributed by atoms with Gasteiger partial charge in [0.25, 0.3) is 5.91 Å². The Morgan fingerprint density at radius 3 is 2.35 bits per heavy atom. The third kappa shape index (κ3) is 4.31. The lowest BCUT2D eigenvalue weighted by Crippen LogP contribution is -2.51. The van der Waals surface area contributed by atoms with Crippen LogP contribution in [0.25, 0.3) is 0 Å². The maximum Gasteiger partial charge on any atom is 0.255 e. The zero-order valence-electron chi connectivity index (χ0n) is 16.5. The zero-order valence-corrected chi connectivity index (χ0v) is 18.1. The van der Waals surface area contributed by atoms with E-state index in [4.69, 9.17) is 17.3 Å². The Morgan fingerprint density at radius 1 is 1.16 bits per heavy atom. The van der Waals surface area contributed by atoms with Crippen molar-refractivity contribution < 1.29 is 23.1 Å². The smallest absolute Gasteiger partial charge is 0.255 e. The second-order valence-corrected chi connectivity index (χ2v) is 9.98. The summed E-state index contributed by atoms with van der Waals surface area (Å²) < 4.78 is 39.9. The summed E-state index contributed by atoms with van der Waals surface area (Å²) in [5.74, 6) is -4.64. The summed E-state index contributed by atoms with van der Waals surface area (Å²) in [5, 5.41) is 13.9. The van der Waals surface area contributed by atoms with Gasteiger partial charge in [0.2, 0.25) is 0 Å². The highest BCUT2D eigenvalue weighted by molar-refractivity contribution is 8.00. The van der Waals surface area contributed by atoms with Crippen molar-refractivity contribution in [3.05, 3.63) is 58.4 Å². The molecule has 31 heavy (non-hydrogen) atoms. The molecule has 2 aromatic rings. The molecule has 1 amide bonds. The number of aliphatic hydroxyl groups is 1. The predicted octanol–water partition coefficient (Wildman–Crippen LogP) is 4.98. The fraction of sp³-hybridized carbons (Fsp3) is 0.409. The topological polar surface area (TPSA) is 75.3 Å². The van der Waals surface area contributed by atoms with Crippen molar-refractivity contribution in [3.63, 3.8) is 0 Å². The average molecular weight is 471 g/mol. The number of benzene rings is 2. The minimum Gasteiger partial charge on any atom is -0.388 e. The van der Waals surface area contributed by atoms with E-state index < -0.39 is 29.0 Å². The molecule has 0 radical (unpaired) electrons. The van der Waals surface area contributed by atoms with E-state index in [2.05, 4.69) is 5.32 Å². The predicted molar refractivity (Wildman–Crippen MR) is 115 cm³/mol. The van der Waals surface area contributed by atoms with Gasteiger partial charge in [0, 0.05) is 40.1 Å². The third-order valence-corrected chi connectivity index (χ3v) is 8.18. The number of thioether (sulfide) groups is 1. The van der Waals surface area contributed by atoms with Crippen molar-refractivity contribution in [1.29, 1.82) is 0 Å². The summed E-state index contributed by atoms with van der Waals surface area (Å²) in [4.78, 5) is 13.3. The molecule has 0 heterocycles. The fourth-order valence-electron chi connectivity index (χ4n) is 4.79. The number of amides is 1. The molecular weight excluding hydrogens is 449 g/mol. The Balaban J connectivity index is 1.48. The Hall–Kier alpha value is -1.74. The van der Waals surface area contributed by atoms with Crippen LogP contribution in [0.4, 0.5) is 18.9 Å². The number of carbonyl (C=O) groups is 1. The molecule has 2 aliphatic rings. The van der Waals surface area contributed by atoms with E-state index in [-0.39, 0.29) is 34.9 Å². The van der Waals surface area contributed by atoms with E-state index in [0.29, 0.717) is 9.92 Å². The van der Waals surface area contributed by atoms with Gasteiger partial charge in [0.05, 0.1) is 10.6 Å². The molecule has 4 atom stereocenters. The second-order valence-electron chi connectivity index (χ2n) is 8.23. The van der Waals surface area contributed by atoms with Gasteiger partial charge in [-0.2, -0.15) is 0 Å². The lowest BCUT2D eigenvalue weighted by Gasteiger charge is -2.42. The normalized spacial score (nSPS) is 27.4. The van der Waals surface area contributed by atoms with Gasteiger partial charge in [-0.25, -0.2) is 13.2 Å². The maximum absolute atomic E-state index is 13.4. The molecule has 2 fully saturated rings. The van der Waals surface area contributed by atoms with Crippen LogP contribution < -0.4 is 11.1 Å². The van der Waals surface area contributed by atoms with E-state index in [1.165, 1.54) is 6.07 Å². The molecule has 0 saturated heterocycles. The van der Waals surface area contributed by atoms with E-state index in [1.54, 1.807) is 23.9 Å². The number of nitrogens with two attached hydrogens (primary N) is 1. The van der Waals surface area contributed by atoms with Gasteiger partial charge in [-0.3, -0.25) is 4.79 Å². The number of hydrogen-bond donors (Lipinski definition) is 3. The lowest BCUT2D eigenvalue weighted by molar-refractivity contribution is -0.0492. The second kappa shape index (κ2) is 8.65. The van der Waals surface area contributed by atoms with Crippen molar-refractivity contribution in [2.75, 3.05) is 11.9 Å². The zero-order chi connectivity index (χ0) is 22.3. The number of fused-ring (bicyclic) bond motifs is 2. The standard InChI is InChI=1S/C22H22ClF3N2O2S/c23-16-4-1-11(21(29)28-14-8-17(24)20(26)18(25)9-14)5-19(16)31-15-6-12-2-3-13(7-15)22(12,30)10-27/h1,4-5,8-9,12-13,15,30H,2-3,6-7,10,27H2,(H,28,29)/t12-,13?,15-,22-/m0/s1. The molecular formula is C22H22ClF3N2O2S. The van der Waals surface area contributed by atoms with Crippen LogP contribution in [0.15, 0.2) is 35.2 Å². The van der Waals surface area contributed by atoms with Gasteiger partial charge in [0.15, 0.2) is 17.5 Å². The minimum absolute atomic E-state index is 0.155. The molecule has 4 nitrogen and oxygen atoms in total. The highest BCUT2D eigenvalue weighted by Gasteiger charge is 2.52. The van der Waals surface area contributed by atoms with Crippen LogP contribution in [0.5, 0.6) is 0 Å². The number of anilines is 1.